The summed E-state index contributed by atoms with van der Waals surface area (Å²) in [7, 11) is 0. The van der Waals surface area contributed by atoms with Gasteiger partial charge in [0.05, 0.1) is 13.2 Å². The second kappa shape index (κ2) is 4.94. The zero-order chi connectivity index (χ0) is 12.4. The highest BCUT2D eigenvalue weighted by molar-refractivity contribution is 14.1. The smallest absolute Gasteiger partial charge is 0.215 e. The predicted octanol–water partition coefficient (Wildman–Crippen LogP) is 1.78. The fourth-order valence-electron chi connectivity index (χ4n) is 2.04. The van der Waals surface area contributed by atoms with E-state index in [1.807, 2.05) is 24.3 Å². The SMILES string of the molecule is Ic1ccc(C2(Cn3cncn3)OCCO2)cc1. The summed E-state index contributed by atoms with van der Waals surface area (Å²) in [5, 5.41) is 4.11. The molecule has 0 aliphatic carbocycles. The van der Waals surface area contributed by atoms with Crippen molar-refractivity contribution < 1.29 is 9.47 Å². The molecule has 0 unspecified atom stereocenters. The minimum atomic E-state index is -0.738. The van der Waals surface area contributed by atoms with Crippen molar-refractivity contribution >= 4 is 22.6 Å². The number of hydrogen-bond acceptors (Lipinski definition) is 4. The number of ether oxygens (including phenoxy) is 2. The van der Waals surface area contributed by atoms with Crippen molar-refractivity contribution in [3.05, 3.63) is 46.1 Å². The molecule has 1 aromatic heterocycles. The Bertz CT molecular complexity index is 507. The van der Waals surface area contributed by atoms with Gasteiger partial charge in [-0.25, -0.2) is 9.67 Å². The van der Waals surface area contributed by atoms with Crippen LogP contribution in [-0.2, 0) is 21.8 Å². The quantitative estimate of drug-likeness (QED) is 0.786. The van der Waals surface area contributed by atoms with Gasteiger partial charge >= 0.3 is 0 Å². The van der Waals surface area contributed by atoms with Crippen LogP contribution in [0.3, 0.4) is 0 Å². The average molecular weight is 357 g/mol. The predicted molar refractivity (Wildman–Crippen MR) is 72.8 cm³/mol. The van der Waals surface area contributed by atoms with Gasteiger partial charge in [-0.2, -0.15) is 5.10 Å². The highest BCUT2D eigenvalue weighted by Gasteiger charge is 2.39. The van der Waals surface area contributed by atoms with Crippen molar-refractivity contribution in [2.45, 2.75) is 12.3 Å². The van der Waals surface area contributed by atoms with E-state index in [1.54, 1.807) is 11.0 Å². The molecule has 0 saturated carbocycles. The van der Waals surface area contributed by atoms with Crippen LogP contribution >= 0.6 is 22.6 Å². The van der Waals surface area contributed by atoms with Gasteiger partial charge in [0.1, 0.15) is 19.2 Å². The van der Waals surface area contributed by atoms with Gasteiger partial charge in [-0.05, 0) is 34.7 Å². The molecule has 1 aliphatic heterocycles. The second-order valence-electron chi connectivity index (χ2n) is 4.05. The van der Waals surface area contributed by atoms with Crippen LogP contribution in [0.5, 0.6) is 0 Å². The zero-order valence-electron chi connectivity index (χ0n) is 9.62. The van der Waals surface area contributed by atoms with E-state index in [0.29, 0.717) is 19.8 Å². The summed E-state index contributed by atoms with van der Waals surface area (Å²) in [5.74, 6) is -0.738. The molecule has 0 amide bonds. The molecule has 0 spiro atoms. The lowest BCUT2D eigenvalue weighted by atomic mass is 10.1. The average Bonchev–Trinajstić information content (AvgIpc) is 3.03. The van der Waals surface area contributed by atoms with Crippen LogP contribution in [-0.4, -0.2) is 28.0 Å². The van der Waals surface area contributed by atoms with Crippen molar-refractivity contribution in [1.29, 1.82) is 0 Å². The molecule has 5 nitrogen and oxygen atoms in total. The van der Waals surface area contributed by atoms with Crippen molar-refractivity contribution in [1.82, 2.24) is 14.8 Å². The van der Waals surface area contributed by atoms with Crippen LogP contribution in [0.25, 0.3) is 0 Å². The number of nitrogens with zero attached hydrogens (tertiary/aromatic N) is 3. The molecule has 1 aromatic carbocycles. The number of hydrogen-bond donors (Lipinski definition) is 0. The van der Waals surface area contributed by atoms with Gasteiger partial charge in [0.15, 0.2) is 0 Å². The Morgan fingerprint density at radius 2 is 1.94 bits per heavy atom. The minimum absolute atomic E-state index is 0.508. The first kappa shape index (κ1) is 12.1. The van der Waals surface area contributed by atoms with E-state index in [-0.39, 0.29) is 0 Å². The Morgan fingerprint density at radius 3 is 2.56 bits per heavy atom. The van der Waals surface area contributed by atoms with Crippen LogP contribution in [0.2, 0.25) is 0 Å². The number of rotatable bonds is 3. The van der Waals surface area contributed by atoms with E-state index in [1.165, 1.54) is 9.90 Å². The Morgan fingerprint density at radius 1 is 1.22 bits per heavy atom. The van der Waals surface area contributed by atoms with E-state index < -0.39 is 5.79 Å². The van der Waals surface area contributed by atoms with Gasteiger partial charge in [0.25, 0.3) is 0 Å². The first-order chi connectivity index (χ1) is 8.78. The third kappa shape index (κ3) is 2.27. The maximum absolute atomic E-state index is 5.83. The first-order valence-corrected chi connectivity index (χ1v) is 6.73. The molecule has 1 saturated heterocycles. The zero-order valence-corrected chi connectivity index (χ0v) is 11.8. The van der Waals surface area contributed by atoms with Crippen LogP contribution < -0.4 is 0 Å². The Balaban J connectivity index is 1.93. The monoisotopic (exact) mass is 357 g/mol. The molecular weight excluding hydrogens is 345 g/mol. The fraction of sp³-hybridized carbons (Fsp3) is 0.333. The van der Waals surface area contributed by atoms with Crippen LogP contribution in [0.1, 0.15) is 5.56 Å². The molecule has 2 heterocycles. The van der Waals surface area contributed by atoms with Crippen LogP contribution in [0, 0.1) is 3.57 Å². The molecule has 94 valence electrons. The van der Waals surface area contributed by atoms with E-state index >= 15 is 0 Å². The second-order valence-corrected chi connectivity index (χ2v) is 5.30. The Kier molecular flexibility index (Phi) is 3.31. The van der Waals surface area contributed by atoms with Gasteiger partial charge in [-0.1, -0.05) is 12.1 Å². The summed E-state index contributed by atoms with van der Waals surface area (Å²) >= 11 is 2.28. The van der Waals surface area contributed by atoms with Gasteiger partial charge < -0.3 is 9.47 Å². The molecule has 18 heavy (non-hydrogen) atoms. The molecule has 0 radical (unpaired) electrons. The van der Waals surface area contributed by atoms with E-state index in [9.17, 15) is 0 Å². The van der Waals surface area contributed by atoms with E-state index in [4.69, 9.17) is 9.47 Å². The molecule has 0 bridgehead atoms. The van der Waals surface area contributed by atoms with Crippen LogP contribution in [0.15, 0.2) is 36.9 Å². The summed E-state index contributed by atoms with van der Waals surface area (Å²) in [4.78, 5) is 3.94. The first-order valence-electron chi connectivity index (χ1n) is 5.65. The maximum Gasteiger partial charge on any atom is 0.215 e. The highest BCUT2D eigenvalue weighted by atomic mass is 127. The summed E-state index contributed by atoms with van der Waals surface area (Å²) in [6.45, 7) is 1.70. The third-order valence-corrected chi connectivity index (χ3v) is 3.59. The van der Waals surface area contributed by atoms with Crippen molar-refractivity contribution in [3.63, 3.8) is 0 Å². The van der Waals surface area contributed by atoms with Crippen molar-refractivity contribution in [2.24, 2.45) is 0 Å². The Hall–Kier alpha value is -0.990. The number of aromatic nitrogens is 3. The molecule has 0 atom stereocenters. The highest BCUT2D eigenvalue weighted by Crippen LogP contribution is 2.33. The summed E-state index contributed by atoms with van der Waals surface area (Å²) in [6, 6.07) is 8.15. The molecule has 1 fully saturated rings. The summed E-state index contributed by atoms with van der Waals surface area (Å²) in [5.41, 5.74) is 1.01. The van der Waals surface area contributed by atoms with Crippen molar-refractivity contribution in [3.8, 4) is 0 Å². The normalized spacial score (nSPS) is 18.1. The van der Waals surface area contributed by atoms with Crippen LogP contribution in [0.4, 0.5) is 0 Å². The molecule has 3 rings (SSSR count). The lowest BCUT2D eigenvalue weighted by molar-refractivity contribution is -0.177. The third-order valence-electron chi connectivity index (χ3n) is 2.87. The molecule has 0 N–H and O–H groups in total. The molecule has 6 heteroatoms. The van der Waals surface area contributed by atoms with Gasteiger partial charge in [0.2, 0.25) is 5.79 Å². The molecule has 2 aromatic rings. The Labute approximate surface area is 118 Å². The summed E-state index contributed by atoms with van der Waals surface area (Å²) < 4.78 is 14.6. The lowest BCUT2D eigenvalue weighted by Gasteiger charge is -2.27. The van der Waals surface area contributed by atoms with Gasteiger partial charge in [-0.3, -0.25) is 0 Å². The molecule has 1 aliphatic rings. The topological polar surface area (TPSA) is 49.2 Å². The fourth-order valence-corrected chi connectivity index (χ4v) is 2.40. The standard InChI is InChI=1S/C12H12IN3O2/c13-11-3-1-10(2-4-11)12(17-5-6-18-12)7-16-9-14-8-15-16/h1-4,8-9H,5-7H2. The molecular formula is C12H12IN3O2. The minimum Gasteiger partial charge on any atom is -0.342 e. The van der Waals surface area contributed by atoms with E-state index in [2.05, 4.69) is 32.7 Å². The van der Waals surface area contributed by atoms with Gasteiger partial charge in [-0.15, -0.1) is 0 Å². The van der Waals surface area contributed by atoms with Gasteiger partial charge in [0, 0.05) is 9.13 Å². The summed E-state index contributed by atoms with van der Waals surface area (Å²) in [6.07, 6.45) is 3.18. The lowest BCUT2D eigenvalue weighted by Crippen LogP contribution is -2.33. The largest absolute Gasteiger partial charge is 0.342 e. The number of halogens is 1. The maximum atomic E-state index is 5.83. The van der Waals surface area contributed by atoms with E-state index in [0.717, 1.165) is 5.56 Å². The van der Waals surface area contributed by atoms with Crippen molar-refractivity contribution in [2.75, 3.05) is 13.2 Å². The number of benzene rings is 1.